The zero-order chi connectivity index (χ0) is 19.6. The van der Waals surface area contributed by atoms with E-state index in [-0.39, 0.29) is 17.7 Å². The van der Waals surface area contributed by atoms with Crippen LogP contribution < -0.4 is 16.0 Å². The second-order valence-electron chi connectivity index (χ2n) is 8.10. The molecular formula is C20H28N6O2. The molecule has 0 bridgehead atoms. The number of nitrogens with one attached hydrogen (secondary N) is 4. The van der Waals surface area contributed by atoms with Crippen LogP contribution in [0.15, 0.2) is 18.0 Å². The first-order chi connectivity index (χ1) is 13.6. The van der Waals surface area contributed by atoms with Crippen molar-refractivity contribution in [2.24, 2.45) is 5.92 Å². The van der Waals surface area contributed by atoms with E-state index in [1.807, 2.05) is 13.1 Å². The molecule has 2 saturated carbocycles. The molecule has 150 valence electrons. The minimum Gasteiger partial charge on any atom is -0.447 e. The molecular weight excluding hydrogens is 356 g/mol. The summed E-state index contributed by atoms with van der Waals surface area (Å²) < 4.78 is 5.09. The Bertz CT molecular complexity index is 781. The number of cyclic esters (lactones) is 1. The lowest BCUT2D eigenvalue weighted by Crippen LogP contribution is -2.48. The number of ether oxygens (including phenoxy) is 1. The first kappa shape index (κ1) is 18.7. The van der Waals surface area contributed by atoms with Crippen molar-refractivity contribution in [2.45, 2.75) is 56.5 Å². The molecule has 8 nitrogen and oxygen atoms in total. The lowest BCUT2D eigenvalue weighted by Gasteiger charge is -2.35. The number of allylic oxidation sites excluding steroid dienone is 2. The number of rotatable bonds is 7. The minimum atomic E-state index is -0.306. The number of amides is 1. The average Bonchev–Trinajstić information content (AvgIpc) is 3.46. The van der Waals surface area contributed by atoms with Gasteiger partial charge < -0.3 is 26.1 Å². The predicted octanol–water partition coefficient (Wildman–Crippen LogP) is 2.69. The maximum Gasteiger partial charge on any atom is 0.407 e. The van der Waals surface area contributed by atoms with Crippen LogP contribution in [0.4, 0.5) is 10.7 Å². The molecule has 0 radical (unpaired) electrons. The molecule has 2 aliphatic carbocycles. The Morgan fingerprint density at radius 3 is 2.79 bits per heavy atom. The molecule has 3 aliphatic rings. The molecule has 8 heteroatoms. The lowest BCUT2D eigenvalue weighted by atomic mass is 9.80. The summed E-state index contributed by atoms with van der Waals surface area (Å²) in [6.07, 6.45) is 9.93. The summed E-state index contributed by atoms with van der Waals surface area (Å²) in [5.74, 6) is 1.32. The second kappa shape index (κ2) is 7.77. The number of hydrogen-bond acceptors (Lipinski definition) is 7. The first-order valence-electron chi connectivity index (χ1n) is 10.1. The molecule has 4 rings (SSSR count). The maximum absolute atomic E-state index is 11.4. The lowest BCUT2D eigenvalue weighted by molar-refractivity contribution is 0.164. The largest absolute Gasteiger partial charge is 0.447 e. The molecule has 0 unspecified atom stereocenters. The highest BCUT2D eigenvalue weighted by Gasteiger charge is 2.42. The van der Waals surface area contributed by atoms with Gasteiger partial charge in [0.1, 0.15) is 6.61 Å². The summed E-state index contributed by atoms with van der Waals surface area (Å²) in [6, 6.07) is 2.12. The second-order valence-corrected chi connectivity index (χ2v) is 8.10. The summed E-state index contributed by atoms with van der Waals surface area (Å²) in [7, 11) is 1.91. The molecule has 28 heavy (non-hydrogen) atoms. The highest BCUT2D eigenvalue weighted by Crippen LogP contribution is 2.36. The number of alkyl carbamates (subject to hydrolysis) is 1. The molecule has 1 spiro atoms. The monoisotopic (exact) mass is 384 g/mol. The van der Waals surface area contributed by atoms with E-state index in [0.29, 0.717) is 12.6 Å². The van der Waals surface area contributed by atoms with E-state index in [9.17, 15) is 4.79 Å². The van der Waals surface area contributed by atoms with Crippen molar-refractivity contribution >= 4 is 23.8 Å². The number of aromatic nitrogens is 2. The molecule has 0 atom stereocenters. The van der Waals surface area contributed by atoms with Gasteiger partial charge >= 0.3 is 6.09 Å². The van der Waals surface area contributed by atoms with Crippen molar-refractivity contribution in [3.8, 4) is 0 Å². The third-order valence-corrected chi connectivity index (χ3v) is 6.02. The highest BCUT2D eigenvalue weighted by molar-refractivity contribution is 6.08. The first-order valence-corrected chi connectivity index (χ1v) is 10.1. The molecule has 2 heterocycles. The van der Waals surface area contributed by atoms with Crippen LogP contribution in [-0.4, -0.2) is 47.5 Å². The SMILES string of the molecule is CN/C(CC1CC1)=C(\C=N)c1ccnc(NC2CCC3(CC2)COC(=O)N3)n1. The number of anilines is 1. The Hall–Kier alpha value is -2.64. The molecule has 0 aromatic carbocycles. The fourth-order valence-electron chi connectivity index (χ4n) is 4.11. The van der Waals surface area contributed by atoms with Crippen molar-refractivity contribution in [3.05, 3.63) is 23.7 Å². The van der Waals surface area contributed by atoms with Gasteiger partial charge in [-0.2, -0.15) is 0 Å². The van der Waals surface area contributed by atoms with Gasteiger partial charge in [-0.05, 0) is 56.9 Å². The maximum atomic E-state index is 11.4. The van der Waals surface area contributed by atoms with E-state index in [4.69, 9.17) is 10.1 Å². The van der Waals surface area contributed by atoms with Gasteiger partial charge in [0.05, 0.1) is 11.2 Å². The third kappa shape index (κ3) is 4.10. The number of carbonyl (C=O) groups is 1. The zero-order valence-corrected chi connectivity index (χ0v) is 16.3. The van der Waals surface area contributed by atoms with Crippen LogP contribution in [0.3, 0.4) is 0 Å². The van der Waals surface area contributed by atoms with Crippen LogP contribution in [-0.2, 0) is 4.74 Å². The van der Waals surface area contributed by atoms with Gasteiger partial charge in [-0.3, -0.25) is 0 Å². The fourth-order valence-corrected chi connectivity index (χ4v) is 4.11. The summed E-state index contributed by atoms with van der Waals surface area (Å²) in [5.41, 5.74) is 2.46. The Morgan fingerprint density at radius 2 is 2.18 bits per heavy atom. The smallest absolute Gasteiger partial charge is 0.407 e. The van der Waals surface area contributed by atoms with E-state index >= 15 is 0 Å². The van der Waals surface area contributed by atoms with Crippen LogP contribution >= 0.6 is 0 Å². The molecule has 4 N–H and O–H groups in total. The van der Waals surface area contributed by atoms with E-state index in [0.717, 1.165) is 55.0 Å². The van der Waals surface area contributed by atoms with Crippen LogP contribution in [0.1, 0.15) is 50.6 Å². The summed E-state index contributed by atoms with van der Waals surface area (Å²) >= 11 is 0. The minimum absolute atomic E-state index is 0.196. The van der Waals surface area contributed by atoms with Gasteiger partial charge in [0, 0.05) is 36.8 Å². The topological polar surface area (TPSA) is 112 Å². The van der Waals surface area contributed by atoms with Gasteiger partial charge in [0.15, 0.2) is 0 Å². The van der Waals surface area contributed by atoms with Crippen LogP contribution in [0.5, 0.6) is 0 Å². The van der Waals surface area contributed by atoms with Crippen molar-refractivity contribution in [3.63, 3.8) is 0 Å². The van der Waals surface area contributed by atoms with Crippen molar-refractivity contribution in [1.82, 2.24) is 20.6 Å². The Morgan fingerprint density at radius 1 is 1.39 bits per heavy atom. The van der Waals surface area contributed by atoms with E-state index in [1.54, 1.807) is 6.20 Å². The van der Waals surface area contributed by atoms with Crippen molar-refractivity contribution < 1.29 is 9.53 Å². The predicted molar refractivity (Wildman–Crippen MR) is 107 cm³/mol. The normalized spacial score (nSPS) is 27.6. The van der Waals surface area contributed by atoms with Crippen LogP contribution in [0.25, 0.3) is 5.57 Å². The number of hydrogen-bond donors (Lipinski definition) is 4. The summed E-state index contributed by atoms with van der Waals surface area (Å²) in [5, 5.41) is 17.5. The Balaban J connectivity index is 1.43. The van der Waals surface area contributed by atoms with Gasteiger partial charge in [0.25, 0.3) is 0 Å². The highest BCUT2D eigenvalue weighted by atomic mass is 16.6. The van der Waals surface area contributed by atoms with Gasteiger partial charge in [-0.25, -0.2) is 14.8 Å². The van der Waals surface area contributed by atoms with Gasteiger partial charge in [-0.1, -0.05) is 0 Å². The Labute approximate surface area is 165 Å². The summed E-state index contributed by atoms with van der Waals surface area (Å²) in [6.45, 7) is 0.464. The third-order valence-electron chi connectivity index (χ3n) is 6.02. The molecule has 1 amide bonds. The van der Waals surface area contributed by atoms with Crippen molar-refractivity contribution in [1.29, 1.82) is 5.41 Å². The fraction of sp³-hybridized carbons (Fsp3) is 0.600. The standard InChI is InChI=1S/C20H28N6O2/c1-22-17(10-13-2-3-13)15(11-21)16-6-9-23-18(25-16)24-14-4-7-20(8-5-14)12-28-19(27)26-20/h6,9,11,13-14,21-22H,2-5,7-8,10,12H2,1H3,(H,26,27)(H,23,24,25)/b17-15+,21-11?. The molecule has 1 aromatic rings. The Kier molecular flexibility index (Phi) is 5.19. The number of carbonyl (C=O) groups excluding carboxylic acids is 1. The van der Waals surface area contributed by atoms with E-state index < -0.39 is 0 Å². The van der Waals surface area contributed by atoms with Gasteiger partial charge in [-0.15, -0.1) is 0 Å². The zero-order valence-electron chi connectivity index (χ0n) is 16.3. The molecule has 1 aliphatic heterocycles. The van der Waals surface area contributed by atoms with Gasteiger partial charge in [0.2, 0.25) is 5.95 Å². The average molecular weight is 384 g/mol. The molecule has 1 saturated heterocycles. The molecule has 1 aromatic heterocycles. The summed E-state index contributed by atoms with van der Waals surface area (Å²) in [4.78, 5) is 20.4. The van der Waals surface area contributed by atoms with E-state index in [1.165, 1.54) is 19.1 Å². The molecule has 3 fully saturated rings. The number of nitrogens with zero attached hydrogens (tertiary/aromatic N) is 2. The quantitative estimate of drug-likeness (QED) is 0.538. The van der Waals surface area contributed by atoms with Crippen LogP contribution in [0.2, 0.25) is 0 Å². The van der Waals surface area contributed by atoms with E-state index in [2.05, 4.69) is 25.9 Å². The van der Waals surface area contributed by atoms with Crippen molar-refractivity contribution in [2.75, 3.05) is 19.0 Å². The van der Waals surface area contributed by atoms with Crippen LogP contribution in [0, 0.1) is 11.3 Å².